The van der Waals surface area contributed by atoms with Crippen LogP contribution >= 0.6 is 11.8 Å². The van der Waals surface area contributed by atoms with Gasteiger partial charge in [-0.05, 0) is 18.6 Å². The molecule has 0 bridgehead atoms. The SMILES string of the molecule is COCCCC(=O)NCCSCCCO. The molecule has 0 aliphatic heterocycles. The number of thioether (sulfide) groups is 1. The molecule has 90 valence electrons. The molecule has 0 aromatic rings. The third-order valence-corrected chi connectivity index (χ3v) is 2.84. The number of carbonyl (C=O) groups excluding carboxylic acids is 1. The van der Waals surface area contributed by atoms with Crippen LogP contribution in [0.3, 0.4) is 0 Å². The Morgan fingerprint density at radius 3 is 2.87 bits per heavy atom. The van der Waals surface area contributed by atoms with E-state index >= 15 is 0 Å². The molecule has 2 N–H and O–H groups in total. The van der Waals surface area contributed by atoms with Crippen LogP contribution in [0.15, 0.2) is 0 Å². The first-order valence-electron chi connectivity index (χ1n) is 5.25. The van der Waals surface area contributed by atoms with Gasteiger partial charge >= 0.3 is 0 Å². The van der Waals surface area contributed by atoms with E-state index in [0.717, 1.165) is 24.3 Å². The van der Waals surface area contributed by atoms with Crippen molar-refractivity contribution in [2.75, 3.05) is 38.4 Å². The van der Waals surface area contributed by atoms with Gasteiger partial charge < -0.3 is 15.2 Å². The summed E-state index contributed by atoms with van der Waals surface area (Å²) in [5.74, 6) is 1.96. The second-order valence-electron chi connectivity index (χ2n) is 3.14. The minimum absolute atomic E-state index is 0.0924. The molecular weight excluding hydrogens is 214 g/mol. The Morgan fingerprint density at radius 2 is 2.20 bits per heavy atom. The van der Waals surface area contributed by atoms with E-state index in [1.54, 1.807) is 18.9 Å². The van der Waals surface area contributed by atoms with Crippen LogP contribution in [0.4, 0.5) is 0 Å². The quantitative estimate of drug-likeness (QED) is 0.546. The number of aliphatic hydroxyl groups is 1. The number of hydrogen-bond acceptors (Lipinski definition) is 4. The third kappa shape index (κ3) is 11.7. The maximum Gasteiger partial charge on any atom is 0.220 e. The second-order valence-corrected chi connectivity index (χ2v) is 4.36. The number of amides is 1. The first-order chi connectivity index (χ1) is 7.31. The third-order valence-electron chi connectivity index (χ3n) is 1.77. The lowest BCUT2D eigenvalue weighted by molar-refractivity contribution is -0.121. The van der Waals surface area contributed by atoms with Crippen molar-refractivity contribution in [2.45, 2.75) is 19.3 Å². The van der Waals surface area contributed by atoms with Gasteiger partial charge in [-0.25, -0.2) is 0 Å². The monoisotopic (exact) mass is 235 g/mol. The molecule has 0 saturated heterocycles. The Bertz CT molecular complexity index is 156. The number of carbonyl (C=O) groups is 1. The van der Waals surface area contributed by atoms with Crippen LogP contribution in [0, 0.1) is 0 Å². The average molecular weight is 235 g/mol. The minimum atomic E-state index is 0.0924. The van der Waals surface area contributed by atoms with E-state index in [1.165, 1.54) is 0 Å². The molecule has 0 aliphatic rings. The van der Waals surface area contributed by atoms with E-state index in [9.17, 15) is 4.79 Å². The smallest absolute Gasteiger partial charge is 0.220 e. The van der Waals surface area contributed by atoms with Gasteiger partial charge in [0, 0.05) is 39.0 Å². The molecule has 5 heteroatoms. The Morgan fingerprint density at radius 1 is 1.40 bits per heavy atom. The lowest BCUT2D eigenvalue weighted by atomic mass is 10.3. The molecule has 0 aliphatic carbocycles. The highest BCUT2D eigenvalue weighted by molar-refractivity contribution is 7.99. The van der Waals surface area contributed by atoms with E-state index < -0.39 is 0 Å². The van der Waals surface area contributed by atoms with Crippen LogP contribution in [0.1, 0.15) is 19.3 Å². The van der Waals surface area contributed by atoms with Gasteiger partial charge in [-0.3, -0.25) is 4.79 Å². The van der Waals surface area contributed by atoms with Crippen LogP contribution in [-0.2, 0) is 9.53 Å². The Labute approximate surface area is 95.8 Å². The molecule has 0 aromatic carbocycles. The van der Waals surface area contributed by atoms with Crippen molar-refractivity contribution in [3.05, 3.63) is 0 Å². The summed E-state index contributed by atoms with van der Waals surface area (Å²) in [5, 5.41) is 11.4. The van der Waals surface area contributed by atoms with E-state index in [4.69, 9.17) is 9.84 Å². The Kier molecular flexibility index (Phi) is 11.6. The van der Waals surface area contributed by atoms with Gasteiger partial charge in [-0.1, -0.05) is 0 Å². The molecule has 0 fully saturated rings. The van der Waals surface area contributed by atoms with E-state index in [1.807, 2.05) is 0 Å². The zero-order valence-corrected chi connectivity index (χ0v) is 10.1. The van der Waals surface area contributed by atoms with Crippen molar-refractivity contribution in [1.82, 2.24) is 5.32 Å². The highest BCUT2D eigenvalue weighted by Gasteiger charge is 1.99. The maximum atomic E-state index is 11.2. The Balaban J connectivity index is 3.10. The molecule has 0 saturated carbocycles. The number of nitrogens with one attached hydrogen (secondary N) is 1. The fourth-order valence-electron chi connectivity index (χ4n) is 0.997. The number of methoxy groups -OCH3 is 1. The first-order valence-corrected chi connectivity index (χ1v) is 6.41. The van der Waals surface area contributed by atoms with Crippen LogP contribution in [0.5, 0.6) is 0 Å². The zero-order chi connectivity index (χ0) is 11.4. The topological polar surface area (TPSA) is 58.6 Å². The Hall–Kier alpha value is -0.260. The highest BCUT2D eigenvalue weighted by atomic mass is 32.2. The van der Waals surface area contributed by atoms with E-state index in [0.29, 0.717) is 19.6 Å². The summed E-state index contributed by atoms with van der Waals surface area (Å²) in [6, 6.07) is 0. The fourth-order valence-corrected chi connectivity index (χ4v) is 1.78. The van der Waals surface area contributed by atoms with Crippen molar-refractivity contribution in [1.29, 1.82) is 0 Å². The van der Waals surface area contributed by atoms with E-state index in [-0.39, 0.29) is 12.5 Å². The van der Waals surface area contributed by atoms with Gasteiger partial charge in [-0.2, -0.15) is 11.8 Å². The van der Waals surface area contributed by atoms with Crippen LogP contribution in [-0.4, -0.2) is 49.4 Å². The summed E-state index contributed by atoms with van der Waals surface area (Å²) in [7, 11) is 1.63. The van der Waals surface area contributed by atoms with Crippen molar-refractivity contribution in [3.63, 3.8) is 0 Å². The van der Waals surface area contributed by atoms with Crippen molar-refractivity contribution < 1.29 is 14.6 Å². The van der Waals surface area contributed by atoms with E-state index in [2.05, 4.69) is 5.32 Å². The largest absolute Gasteiger partial charge is 0.396 e. The number of rotatable bonds is 10. The number of hydrogen-bond donors (Lipinski definition) is 2. The molecule has 0 spiro atoms. The molecule has 1 amide bonds. The lowest BCUT2D eigenvalue weighted by Crippen LogP contribution is -2.25. The molecule has 0 heterocycles. The first kappa shape index (κ1) is 14.7. The summed E-state index contributed by atoms with van der Waals surface area (Å²) in [5.41, 5.74) is 0. The van der Waals surface area contributed by atoms with Gasteiger partial charge in [0.1, 0.15) is 0 Å². The second kappa shape index (κ2) is 11.8. The summed E-state index contributed by atoms with van der Waals surface area (Å²) in [6.07, 6.45) is 2.14. The average Bonchev–Trinajstić information content (AvgIpc) is 2.23. The summed E-state index contributed by atoms with van der Waals surface area (Å²) in [4.78, 5) is 11.2. The van der Waals surface area contributed by atoms with Crippen LogP contribution in [0.2, 0.25) is 0 Å². The molecule has 4 nitrogen and oxygen atoms in total. The molecule has 0 unspecified atom stereocenters. The van der Waals surface area contributed by atoms with Gasteiger partial charge in [0.05, 0.1) is 0 Å². The van der Waals surface area contributed by atoms with Gasteiger partial charge in [0.2, 0.25) is 5.91 Å². The highest BCUT2D eigenvalue weighted by Crippen LogP contribution is 2.00. The molecule has 0 atom stereocenters. The molecular formula is C10H21NO3S. The molecule has 0 aromatic heterocycles. The predicted molar refractivity (Wildman–Crippen MR) is 63.1 cm³/mol. The maximum absolute atomic E-state index is 11.2. The molecule has 15 heavy (non-hydrogen) atoms. The standard InChI is InChI=1S/C10H21NO3S/c1-14-7-2-4-10(13)11-5-9-15-8-3-6-12/h12H,2-9H2,1H3,(H,11,13). The van der Waals surface area contributed by atoms with Gasteiger partial charge in [-0.15, -0.1) is 0 Å². The summed E-state index contributed by atoms with van der Waals surface area (Å²) in [6.45, 7) is 1.59. The predicted octanol–water partition coefficient (Wildman–Crippen LogP) is 0.645. The lowest BCUT2D eigenvalue weighted by Gasteiger charge is -2.04. The van der Waals surface area contributed by atoms with Crippen LogP contribution in [0.25, 0.3) is 0 Å². The summed E-state index contributed by atoms with van der Waals surface area (Å²) >= 11 is 1.75. The van der Waals surface area contributed by atoms with Crippen molar-refractivity contribution in [3.8, 4) is 0 Å². The molecule has 0 radical (unpaired) electrons. The van der Waals surface area contributed by atoms with Crippen LogP contribution < -0.4 is 5.32 Å². The molecule has 0 rings (SSSR count). The summed E-state index contributed by atoms with van der Waals surface area (Å²) < 4.78 is 4.85. The zero-order valence-electron chi connectivity index (χ0n) is 9.33. The van der Waals surface area contributed by atoms with Crippen molar-refractivity contribution >= 4 is 17.7 Å². The minimum Gasteiger partial charge on any atom is -0.396 e. The normalized spacial score (nSPS) is 10.3. The fraction of sp³-hybridized carbons (Fsp3) is 0.900. The van der Waals surface area contributed by atoms with Gasteiger partial charge in [0.25, 0.3) is 0 Å². The number of aliphatic hydroxyl groups excluding tert-OH is 1. The number of ether oxygens (including phenoxy) is 1. The van der Waals surface area contributed by atoms with Crippen molar-refractivity contribution in [2.24, 2.45) is 0 Å². The van der Waals surface area contributed by atoms with Gasteiger partial charge in [0.15, 0.2) is 0 Å².